The Labute approximate surface area is 118 Å². The minimum Gasteiger partial charge on any atom is -0.478 e. The van der Waals surface area contributed by atoms with Crippen LogP contribution in [0.3, 0.4) is 0 Å². The van der Waals surface area contributed by atoms with E-state index < -0.39 is 5.97 Å². The number of anilines is 1. The first-order valence-electron chi connectivity index (χ1n) is 6.37. The highest BCUT2D eigenvalue weighted by Gasteiger charge is 2.08. The molecule has 20 heavy (non-hydrogen) atoms. The maximum atomic E-state index is 11.7. The van der Waals surface area contributed by atoms with Crippen molar-refractivity contribution in [1.29, 1.82) is 0 Å². The second-order valence-electron chi connectivity index (χ2n) is 4.38. The minimum absolute atomic E-state index is 0.139. The first kappa shape index (κ1) is 15.6. The Morgan fingerprint density at radius 3 is 2.75 bits per heavy atom. The lowest BCUT2D eigenvalue weighted by Crippen LogP contribution is -2.29. The molecule has 0 atom stereocenters. The van der Waals surface area contributed by atoms with Gasteiger partial charge in [-0.05, 0) is 37.5 Å². The van der Waals surface area contributed by atoms with Gasteiger partial charge in [0.1, 0.15) is 0 Å². The molecule has 0 heterocycles. The molecule has 1 rings (SSSR count). The lowest BCUT2D eigenvalue weighted by atomic mass is 10.1. The highest BCUT2D eigenvalue weighted by molar-refractivity contribution is 5.93. The van der Waals surface area contributed by atoms with Gasteiger partial charge >= 0.3 is 12.0 Å². The molecular weight excluding hydrogens is 256 g/mol. The molecule has 3 N–H and O–H groups in total. The number of carboxylic acids is 1. The number of terminal acetylenes is 1. The van der Waals surface area contributed by atoms with Gasteiger partial charge in [-0.1, -0.05) is 6.07 Å². The topological polar surface area (TPSA) is 78.4 Å². The second kappa shape index (κ2) is 7.85. The molecule has 0 saturated heterocycles. The molecule has 0 bridgehead atoms. The van der Waals surface area contributed by atoms with Crippen LogP contribution in [-0.4, -0.2) is 23.7 Å². The fraction of sp³-hybridized carbons (Fsp3) is 0.333. The van der Waals surface area contributed by atoms with Crippen LogP contribution in [0, 0.1) is 19.3 Å². The number of aryl methyl sites for hydroxylation is 1. The zero-order valence-electron chi connectivity index (χ0n) is 11.4. The Morgan fingerprint density at radius 2 is 2.10 bits per heavy atom. The van der Waals surface area contributed by atoms with Crippen molar-refractivity contribution in [2.24, 2.45) is 0 Å². The van der Waals surface area contributed by atoms with E-state index in [4.69, 9.17) is 11.5 Å². The van der Waals surface area contributed by atoms with Gasteiger partial charge in [-0.15, -0.1) is 12.3 Å². The summed E-state index contributed by atoms with van der Waals surface area (Å²) < 4.78 is 0. The van der Waals surface area contributed by atoms with Crippen molar-refractivity contribution in [2.45, 2.75) is 26.2 Å². The molecule has 0 saturated carbocycles. The smallest absolute Gasteiger partial charge is 0.335 e. The molecule has 2 amide bonds. The summed E-state index contributed by atoms with van der Waals surface area (Å²) in [5.74, 6) is 1.51. The summed E-state index contributed by atoms with van der Waals surface area (Å²) in [4.78, 5) is 22.5. The number of rotatable bonds is 6. The molecule has 0 spiro atoms. The van der Waals surface area contributed by atoms with Crippen LogP contribution in [0.2, 0.25) is 0 Å². The predicted molar refractivity (Wildman–Crippen MR) is 77.8 cm³/mol. The van der Waals surface area contributed by atoms with E-state index in [2.05, 4.69) is 16.6 Å². The number of unbranched alkanes of at least 4 members (excludes halogenated alkanes) is 2. The first-order chi connectivity index (χ1) is 9.54. The highest BCUT2D eigenvalue weighted by Crippen LogP contribution is 2.16. The van der Waals surface area contributed by atoms with Gasteiger partial charge in [0.25, 0.3) is 0 Å². The van der Waals surface area contributed by atoms with Gasteiger partial charge in [-0.2, -0.15) is 0 Å². The van der Waals surface area contributed by atoms with Gasteiger partial charge in [-0.25, -0.2) is 9.59 Å². The van der Waals surface area contributed by atoms with E-state index in [0.717, 1.165) is 18.4 Å². The zero-order chi connectivity index (χ0) is 15.0. The number of nitrogens with one attached hydrogen (secondary N) is 2. The van der Waals surface area contributed by atoms with Gasteiger partial charge in [-0.3, -0.25) is 0 Å². The number of hydrogen-bond donors (Lipinski definition) is 3. The molecule has 5 heteroatoms. The summed E-state index contributed by atoms with van der Waals surface area (Å²) in [7, 11) is 0. The van der Waals surface area contributed by atoms with E-state index in [-0.39, 0.29) is 11.6 Å². The van der Waals surface area contributed by atoms with E-state index in [9.17, 15) is 9.59 Å². The number of aromatic carboxylic acids is 1. The lowest BCUT2D eigenvalue weighted by molar-refractivity contribution is 0.0697. The van der Waals surface area contributed by atoms with Crippen molar-refractivity contribution < 1.29 is 14.7 Å². The Hall–Kier alpha value is -2.48. The molecule has 1 aromatic rings. The highest BCUT2D eigenvalue weighted by atomic mass is 16.4. The lowest BCUT2D eigenvalue weighted by Gasteiger charge is -2.10. The molecule has 0 unspecified atom stereocenters. The number of amides is 2. The molecule has 1 aromatic carbocycles. The summed E-state index contributed by atoms with van der Waals surface area (Å²) in [6.45, 7) is 2.33. The first-order valence-corrected chi connectivity index (χ1v) is 6.37. The van der Waals surface area contributed by atoms with Crippen molar-refractivity contribution >= 4 is 17.7 Å². The Balaban J connectivity index is 2.51. The van der Waals surface area contributed by atoms with Crippen molar-refractivity contribution in [3.63, 3.8) is 0 Å². The molecule has 0 aliphatic heterocycles. The van der Waals surface area contributed by atoms with E-state index in [1.807, 2.05) is 0 Å². The number of hydrogen-bond acceptors (Lipinski definition) is 2. The SMILES string of the molecule is C#CCCCCNC(=O)Nc1cc(C(=O)O)ccc1C. The van der Waals surface area contributed by atoms with Gasteiger partial charge in [0.05, 0.1) is 5.56 Å². The van der Waals surface area contributed by atoms with Crippen LogP contribution in [0.25, 0.3) is 0 Å². The Morgan fingerprint density at radius 1 is 1.35 bits per heavy atom. The van der Waals surface area contributed by atoms with Crippen molar-refractivity contribution in [1.82, 2.24) is 5.32 Å². The average molecular weight is 274 g/mol. The monoisotopic (exact) mass is 274 g/mol. The maximum absolute atomic E-state index is 11.7. The molecule has 106 valence electrons. The molecule has 0 aliphatic carbocycles. The molecular formula is C15H18N2O3. The number of carboxylic acid groups (broad SMARTS) is 1. The number of carbonyl (C=O) groups is 2. The summed E-state index contributed by atoms with van der Waals surface area (Å²) in [6.07, 6.45) is 7.50. The van der Waals surface area contributed by atoms with Crippen LogP contribution in [0.15, 0.2) is 18.2 Å². The largest absolute Gasteiger partial charge is 0.478 e. The van der Waals surface area contributed by atoms with Crippen molar-refractivity contribution in [2.75, 3.05) is 11.9 Å². The van der Waals surface area contributed by atoms with Crippen LogP contribution in [0.5, 0.6) is 0 Å². The standard InChI is InChI=1S/C15H18N2O3/c1-3-4-5-6-9-16-15(20)17-13-10-12(14(18)19)8-7-11(13)2/h1,7-8,10H,4-6,9H2,2H3,(H,18,19)(H2,16,17,20). The summed E-state index contributed by atoms with van der Waals surface area (Å²) in [5, 5.41) is 14.3. The summed E-state index contributed by atoms with van der Waals surface area (Å²) in [5.41, 5.74) is 1.43. The van der Waals surface area contributed by atoms with Gasteiger partial charge < -0.3 is 15.7 Å². The maximum Gasteiger partial charge on any atom is 0.335 e. The fourth-order valence-corrected chi connectivity index (χ4v) is 1.61. The number of carbonyl (C=O) groups excluding carboxylic acids is 1. The Bertz CT molecular complexity index is 532. The molecule has 0 aromatic heterocycles. The number of benzene rings is 1. The summed E-state index contributed by atoms with van der Waals surface area (Å²) in [6, 6.07) is 4.25. The third-order valence-electron chi connectivity index (χ3n) is 2.77. The van der Waals surface area contributed by atoms with E-state index >= 15 is 0 Å². The third kappa shape index (κ3) is 5.02. The third-order valence-corrected chi connectivity index (χ3v) is 2.77. The zero-order valence-corrected chi connectivity index (χ0v) is 11.4. The van der Waals surface area contributed by atoms with Crippen molar-refractivity contribution in [3.8, 4) is 12.3 Å². The predicted octanol–water partition coefficient (Wildman–Crippen LogP) is 2.62. The Kier molecular flexibility index (Phi) is 6.11. The van der Waals surface area contributed by atoms with E-state index in [1.165, 1.54) is 12.1 Å². The van der Waals surface area contributed by atoms with E-state index in [1.54, 1.807) is 13.0 Å². The minimum atomic E-state index is -1.03. The van der Waals surface area contributed by atoms with Gasteiger partial charge in [0.2, 0.25) is 0 Å². The molecule has 5 nitrogen and oxygen atoms in total. The van der Waals surface area contributed by atoms with Crippen molar-refractivity contribution in [3.05, 3.63) is 29.3 Å². The molecule has 0 fully saturated rings. The second-order valence-corrected chi connectivity index (χ2v) is 4.38. The van der Waals surface area contributed by atoms with Gasteiger partial charge in [0, 0.05) is 18.7 Å². The normalized spacial score (nSPS) is 9.60. The van der Waals surface area contributed by atoms with Crippen LogP contribution in [-0.2, 0) is 0 Å². The van der Waals surface area contributed by atoms with E-state index in [0.29, 0.717) is 18.7 Å². The van der Waals surface area contributed by atoms with Crippen LogP contribution >= 0.6 is 0 Å². The van der Waals surface area contributed by atoms with Crippen LogP contribution in [0.4, 0.5) is 10.5 Å². The summed E-state index contributed by atoms with van der Waals surface area (Å²) >= 11 is 0. The quantitative estimate of drug-likeness (QED) is 0.551. The van der Waals surface area contributed by atoms with Gasteiger partial charge in [0.15, 0.2) is 0 Å². The fourth-order valence-electron chi connectivity index (χ4n) is 1.61. The van der Waals surface area contributed by atoms with Crippen LogP contribution < -0.4 is 10.6 Å². The number of urea groups is 1. The van der Waals surface area contributed by atoms with Crippen LogP contribution in [0.1, 0.15) is 35.2 Å². The molecule has 0 radical (unpaired) electrons. The average Bonchev–Trinajstić information content (AvgIpc) is 2.40. The molecule has 0 aliphatic rings.